The van der Waals surface area contributed by atoms with Gasteiger partial charge in [-0.2, -0.15) is 0 Å². The van der Waals surface area contributed by atoms with Crippen LogP contribution in [0.1, 0.15) is 26.3 Å². The number of carbonyl (C=O) groups excluding carboxylic acids is 1. The monoisotopic (exact) mass is 252 g/mol. The SMILES string of the molecule is COc1ncccc1CNCC(=O)OC(C)(C)C. The van der Waals surface area contributed by atoms with Crippen molar-refractivity contribution in [2.24, 2.45) is 0 Å². The molecule has 0 aromatic carbocycles. The van der Waals surface area contributed by atoms with E-state index < -0.39 is 5.60 Å². The molecule has 0 aliphatic heterocycles. The number of nitrogens with zero attached hydrogens (tertiary/aromatic N) is 1. The number of carbonyl (C=O) groups is 1. The van der Waals surface area contributed by atoms with Gasteiger partial charge in [0.1, 0.15) is 5.60 Å². The van der Waals surface area contributed by atoms with Gasteiger partial charge >= 0.3 is 5.97 Å². The first-order chi connectivity index (χ1) is 8.42. The molecule has 5 nitrogen and oxygen atoms in total. The highest BCUT2D eigenvalue weighted by molar-refractivity contribution is 5.72. The molecule has 1 heterocycles. The topological polar surface area (TPSA) is 60.5 Å². The fraction of sp³-hybridized carbons (Fsp3) is 0.538. The molecule has 5 heteroatoms. The third-order valence-electron chi connectivity index (χ3n) is 2.05. The van der Waals surface area contributed by atoms with Crippen LogP contribution in [-0.2, 0) is 16.1 Å². The third kappa shape index (κ3) is 5.14. The van der Waals surface area contributed by atoms with Crippen molar-refractivity contribution < 1.29 is 14.3 Å². The van der Waals surface area contributed by atoms with Gasteiger partial charge < -0.3 is 14.8 Å². The van der Waals surface area contributed by atoms with E-state index in [1.165, 1.54) is 0 Å². The van der Waals surface area contributed by atoms with E-state index in [0.717, 1.165) is 5.56 Å². The lowest BCUT2D eigenvalue weighted by atomic mass is 10.2. The molecule has 0 saturated heterocycles. The first-order valence-electron chi connectivity index (χ1n) is 5.83. The zero-order valence-electron chi connectivity index (χ0n) is 11.3. The van der Waals surface area contributed by atoms with Gasteiger partial charge in [0.25, 0.3) is 0 Å². The van der Waals surface area contributed by atoms with Gasteiger partial charge in [0.05, 0.1) is 13.7 Å². The van der Waals surface area contributed by atoms with E-state index >= 15 is 0 Å². The van der Waals surface area contributed by atoms with Crippen LogP contribution in [0.5, 0.6) is 5.88 Å². The molecular formula is C13H20N2O3. The first-order valence-corrected chi connectivity index (χ1v) is 5.83. The molecule has 0 aliphatic carbocycles. The van der Waals surface area contributed by atoms with Gasteiger partial charge in [-0.25, -0.2) is 4.98 Å². The minimum absolute atomic E-state index is 0.162. The van der Waals surface area contributed by atoms with Gasteiger partial charge in [-0.05, 0) is 26.8 Å². The molecule has 0 unspecified atom stereocenters. The summed E-state index contributed by atoms with van der Waals surface area (Å²) in [7, 11) is 1.57. The van der Waals surface area contributed by atoms with Gasteiger partial charge in [0, 0.05) is 18.3 Å². The quantitative estimate of drug-likeness (QED) is 0.805. The highest BCUT2D eigenvalue weighted by Crippen LogP contribution is 2.12. The van der Waals surface area contributed by atoms with Crippen molar-refractivity contribution in [2.75, 3.05) is 13.7 Å². The molecule has 100 valence electrons. The second kappa shape index (κ2) is 6.35. The second-order valence-electron chi connectivity index (χ2n) is 4.86. The number of nitrogens with one attached hydrogen (secondary N) is 1. The predicted molar refractivity (Wildman–Crippen MR) is 68.3 cm³/mol. The molecule has 1 aromatic heterocycles. The van der Waals surface area contributed by atoms with Crippen LogP contribution in [0, 0.1) is 0 Å². The molecule has 0 aliphatic rings. The molecule has 1 N–H and O–H groups in total. The Bertz CT molecular complexity index is 399. The Morgan fingerprint density at radius 2 is 2.17 bits per heavy atom. The number of aromatic nitrogens is 1. The molecule has 18 heavy (non-hydrogen) atoms. The van der Waals surface area contributed by atoms with Crippen LogP contribution in [0.4, 0.5) is 0 Å². The standard InChI is InChI=1S/C13H20N2O3/c1-13(2,3)18-11(16)9-14-8-10-6-5-7-15-12(10)17-4/h5-7,14H,8-9H2,1-4H3. The highest BCUT2D eigenvalue weighted by Gasteiger charge is 2.15. The lowest BCUT2D eigenvalue weighted by molar-refractivity contribution is -0.153. The van der Waals surface area contributed by atoms with Crippen LogP contribution in [0.15, 0.2) is 18.3 Å². The summed E-state index contributed by atoms with van der Waals surface area (Å²) in [6, 6.07) is 3.72. The molecule has 1 aromatic rings. The highest BCUT2D eigenvalue weighted by atomic mass is 16.6. The van der Waals surface area contributed by atoms with Crippen LogP contribution in [0.25, 0.3) is 0 Å². The summed E-state index contributed by atoms with van der Waals surface area (Å²) >= 11 is 0. The first kappa shape index (κ1) is 14.4. The number of hydrogen-bond acceptors (Lipinski definition) is 5. The van der Waals surface area contributed by atoms with Crippen molar-refractivity contribution >= 4 is 5.97 Å². The largest absolute Gasteiger partial charge is 0.481 e. The Kier molecular flexibility index (Phi) is 5.09. The van der Waals surface area contributed by atoms with Crippen molar-refractivity contribution in [1.82, 2.24) is 10.3 Å². The summed E-state index contributed by atoms with van der Waals surface area (Å²) in [5.74, 6) is 0.291. The molecule has 0 radical (unpaired) electrons. The zero-order valence-corrected chi connectivity index (χ0v) is 11.3. The Morgan fingerprint density at radius 3 is 2.78 bits per heavy atom. The molecule has 0 fully saturated rings. The maximum atomic E-state index is 11.5. The van der Waals surface area contributed by atoms with Gasteiger partial charge in [0.2, 0.25) is 5.88 Å². The number of pyridine rings is 1. The zero-order chi connectivity index (χ0) is 13.6. The van der Waals surface area contributed by atoms with Gasteiger partial charge in [0.15, 0.2) is 0 Å². The Morgan fingerprint density at radius 1 is 1.44 bits per heavy atom. The third-order valence-corrected chi connectivity index (χ3v) is 2.05. The van der Waals surface area contributed by atoms with Gasteiger partial charge in [-0.15, -0.1) is 0 Å². The molecule has 0 atom stereocenters. The minimum atomic E-state index is -0.454. The van der Waals surface area contributed by atoms with Crippen LogP contribution in [0.3, 0.4) is 0 Å². The molecular weight excluding hydrogens is 232 g/mol. The molecule has 0 spiro atoms. The maximum absolute atomic E-state index is 11.5. The number of methoxy groups -OCH3 is 1. The van der Waals surface area contributed by atoms with E-state index in [0.29, 0.717) is 12.4 Å². The second-order valence-corrected chi connectivity index (χ2v) is 4.86. The molecule has 0 bridgehead atoms. The number of ether oxygens (including phenoxy) is 2. The van der Waals surface area contributed by atoms with Crippen LogP contribution >= 0.6 is 0 Å². The Hall–Kier alpha value is -1.62. The Labute approximate surface area is 108 Å². The summed E-state index contributed by atoms with van der Waals surface area (Å²) in [6.07, 6.45) is 1.66. The lowest BCUT2D eigenvalue weighted by Crippen LogP contribution is -2.31. The molecule has 1 rings (SSSR count). The average Bonchev–Trinajstić information content (AvgIpc) is 2.27. The van der Waals surface area contributed by atoms with Gasteiger partial charge in [-0.1, -0.05) is 6.07 Å². The van der Waals surface area contributed by atoms with Crippen molar-refractivity contribution in [2.45, 2.75) is 32.9 Å². The van der Waals surface area contributed by atoms with E-state index in [4.69, 9.17) is 9.47 Å². The van der Waals surface area contributed by atoms with Crippen LogP contribution < -0.4 is 10.1 Å². The summed E-state index contributed by atoms with van der Waals surface area (Å²) in [5, 5.41) is 3.00. The maximum Gasteiger partial charge on any atom is 0.320 e. The van der Waals surface area contributed by atoms with Crippen molar-refractivity contribution in [3.8, 4) is 5.88 Å². The molecule has 0 saturated carbocycles. The number of rotatable bonds is 5. The number of hydrogen-bond donors (Lipinski definition) is 1. The van der Waals surface area contributed by atoms with E-state index in [-0.39, 0.29) is 12.5 Å². The predicted octanol–water partition coefficient (Wildman–Crippen LogP) is 1.52. The lowest BCUT2D eigenvalue weighted by Gasteiger charge is -2.19. The van der Waals surface area contributed by atoms with E-state index in [2.05, 4.69) is 10.3 Å². The van der Waals surface area contributed by atoms with Crippen LogP contribution in [0.2, 0.25) is 0 Å². The summed E-state index contributed by atoms with van der Waals surface area (Å²) < 4.78 is 10.3. The average molecular weight is 252 g/mol. The summed E-state index contributed by atoms with van der Waals surface area (Å²) in [6.45, 7) is 6.20. The van der Waals surface area contributed by atoms with Crippen LogP contribution in [-0.4, -0.2) is 30.2 Å². The van der Waals surface area contributed by atoms with E-state index in [9.17, 15) is 4.79 Å². The van der Waals surface area contributed by atoms with Crippen molar-refractivity contribution in [1.29, 1.82) is 0 Å². The Balaban J connectivity index is 2.40. The fourth-order valence-corrected chi connectivity index (χ4v) is 1.42. The smallest absolute Gasteiger partial charge is 0.320 e. The van der Waals surface area contributed by atoms with Crippen molar-refractivity contribution in [3.63, 3.8) is 0 Å². The normalized spacial score (nSPS) is 11.1. The van der Waals surface area contributed by atoms with E-state index in [1.807, 2.05) is 32.9 Å². The summed E-state index contributed by atoms with van der Waals surface area (Å²) in [4.78, 5) is 15.5. The summed E-state index contributed by atoms with van der Waals surface area (Å²) in [5.41, 5.74) is 0.452. The fourth-order valence-electron chi connectivity index (χ4n) is 1.42. The number of esters is 1. The van der Waals surface area contributed by atoms with E-state index in [1.54, 1.807) is 13.3 Å². The molecule has 0 amide bonds. The minimum Gasteiger partial charge on any atom is -0.481 e. The van der Waals surface area contributed by atoms with Crippen molar-refractivity contribution in [3.05, 3.63) is 23.9 Å². The van der Waals surface area contributed by atoms with Gasteiger partial charge in [-0.3, -0.25) is 4.79 Å².